The molecule has 2 saturated heterocycles. The summed E-state index contributed by atoms with van der Waals surface area (Å²) in [6, 6.07) is -0.565. The molecule has 26 nitrogen and oxygen atoms in total. The highest BCUT2D eigenvalue weighted by atomic mass is 31.3. The molecule has 4 aromatic heterocycles. The SMILES string of the molecule is Cc1nc2c(ncn2[C@@H]2O[C@H](COP(=O)(O)OP(=O)(O)OP(=O)(O)OC[C@H]3C[C@@H]([n+]4cn(C)c5c(=O)[nH]c(N)nc54)[C@H]4OC(C)(C)OC34)C(O)[C@@H]2O)c(=O)[nH]1. The smallest absolute Gasteiger partial charge is 0.387 e. The van der Waals surface area contributed by atoms with Crippen LogP contribution in [0.3, 0.4) is 0 Å². The minimum atomic E-state index is -5.91. The van der Waals surface area contributed by atoms with E-state index in [1.807, 2.05) is 0 Å². The number of aromatic nitrogens is 8. The summed E-state index contributed by atoms with van der Waals surface area (Å²) in [7, 11) is -15.4. The van der Waals surface area contributed by atoms with Gasteiger partial charge in [0.25, 0.3) is 17.1 Å². The molecule has 4 aromatic rings. The lowest BCUT2D eigenvalue weighted by molar-refractivity contribution is -0.707. The molecule has 7 rings (SSSR count). The third kappa shape index (κ3) is 7.86. The van der Waals surface area contributed by atoms with Crippen molar-refractivity contribution in [3.63, 3.8) is 0 Å². The molecule has 0 spiro atoms. The average molecular weight is 841 g/mol. The zero-order valence-electron chi connectivity index (χ0n) is 29.1. The quantitative estimate of drug-likeness (QED) is 0.0603. The van der Waals surface area contributed by atoms with Crippen LogP contribution in [-0.2, 0) is 52.6 Å². The summed E-state index contributed by atoms with van der Waals surface area (Å²) in [6.45, 7) is 3.15. The number of aliphatic hydroxyl groups excluding tert-OH is 2. The number of hydrogen-bond donors (Lipinski definition) is 8. The Hall–Kier alpha value is -3.29. The monoisotopic (exact) mass is 840 g/mol. The van der Waals surface area contributed by atoms with Crippen LogP contribution in [0, 0.1) is 12.8 Å². The van der Waals surface area contributed by atoms with Crippen molar-refractivity contribution in [2.24, 2.45) is 13.0 Å². The fraction of sp³-hybridized carbons (Fsp3) is 0.615. The van der Waals surface area contributed by atoms with E-state index in [4.69, 9.17) is 24.5 Å². The van der Waals surface area contributed by atoms with Crippen LogP contribution in [0.25, 0.3) is 22.3 Å². The predicted molar refractivity (Wildman–Crippen MR) is 179 cm³/mol. The van der Waals surface area contributed by atoms with Gasteiger partial charge in [-0.25, -0.2) is 28.2 Å². The lowest BCUT2D eigenvalue weighted by Gasteiger charge is -2.23. The average Bonchev–Trinajstić information content (AvgIpc) is 3.83. The Morgan fingerprint density at radius 3 is 2.33 bits per heavy atom. The highest BCUT2D eigenvalue weighted by Crippen LogP contribution is 2.68. The van der Waals surface area contributed by atoms with E-state index in [2.05, 4.69) is 38.1 Å². The van der Waals surface area contributed by atoms with E-state index in [0.29, 0.717) is 0 Å². The molecule has 29 heteroatoms. The van der Waals surface area contributed by atoms with E-state index in [9.17, 15) is 48.2 Å². The van der Waals surface area contributed by atoms with E-state index in [-0.39, 0.29) is 40.5 Å². The maximum Gasteiger partial charge on any atom is 0.490 e. The Bertz CT molecular complexity index is 2420. The van der Waals surface area contributed by atoms with Crippen LogP contribution in [0.15, 0.2) is 22.2 Å². The molecule has 3 aliphatic rings. The molecule has 0 bridgehead atoms. The summed E-state index contributed by atoms with van der Waals surface area (Å²) in [4.78, 5) is 72.7. The molecule has 1 aliphatic carbocycles. The molecular formula is C26H37N9O17P3+. The number of imidazole rings is 2. The van der Waals surface area contributed by atoms with E-state index in [1.54, 1.807) is 31.8 Å². The number of nitrogens with zero attached hydrogens (tertiary/aromatic N) is 6. The number of fused-ring (bicyclic) bond motifs is 3. The number of anilines is 1. The van der Waals surface area contributed by atoms with Gasteiger partial charge in [-0.3, -0.25) is 32.8 Å². The van der Waals surface area contributed by atoms with Gasteiger partial charge < -0.3 is 49.8 Å². The van der Waals surface area contributed by atoms with E-state index in [1.165, 1.54) is 11.5 Å². The van der Waals surface area contributed by atoms with Crippen LogP contribution in [0.4, 0.5) is 5.95 Å². The fourth-order valence-electron chi connectivity index (χ4n) is 7.00. The number of aryl methyl sites for hydroxylation is 2. The van der Waals surface area contributed by atoms with Crippen molar-refractivity contribution in [2.75, 3.05) is 18.9 Å². The zero-order valence-corrected chi connectivity index (χ0v) is 31.8. The molecule has 11 atom stereocenters. The first-order chi connectivity index (χ1) is 25.5. The maximum absolute atomic E-state index is 12.9. The molecule has 9 N–H and O–H groups in total. The Kier molecular flexibility index (Phi) is 10.1. The van der Waals surface area contributed by atoms with Crippen LogP contribution in [0.1, 0.15) is 38.4 Å². The van der Waals surface area contributed by atoms with E-state index >= 15 is 0 Å². The number of aliphatic hydroxyl groups is 2. The summed E-state index contributed by atoms with van der Waals surface area (Å²) in [5.74, 6) is -1.75. The van der Waals surface area contributed by atoms with Gasteiger partial charge in [-0.15, -0.1) is 0 Å². The Balaban J connectivity index is 0.978. The van der Waals surface area contributed by atoms with Crippen molar-refractivity contribution in [3.05, 3.63) is 39.2 Å². The Morgan fingerprint density at radius 2 is 1.64 bits per heavy atom. The molecule has 302 valence electrons. The molecule has 1 saturated carbocycles. The molecule has 0 aromatic carbocycles. The number of nitrogens with one attached hydrogen (secondary N) is 2. The van der Waals surface area contributed by atoms with Crippen molar-refractivity contribution in [1.82, 2.24) is 34.1 Å². The molecule has 3 fully saturated rings. The Labute approximate surface area is 307 Å². The summed E-state index contributed by atoms with van der Waals surface area (Å²) in [5.41, 5.74) is 5.06. The van der Waals surface area contributed by atoms with Gasteiger partial charge in [-0.1, -0.05) is 4.98 Å². The van der Waals surface area contributed by atoms with Crippen molar-refractivity contribution < 1.29 is 75.0 Å². The van der Waals surface area contributed by atoms with Gasteiger partial charge in [0.05, 0.1) is 32.7 Å². The number of aromatic amines is 2. The van der Waals surface area contributed by atoms with Gasteiger partial charge in [-0.2, -0.15) is 8.62 Å². The molecule has 5 unspecified atom stereocenters. The first kappa shape index (κ1) is 39.9. The molecule has 2 aliphatic heterocycles. The fourth-order valence-corrected chi connectivity index (χ4v) is 10.6. The van der Waals surface area contributed by atoms with Crippen LogP contribution < -0.4 is 21.4 Å². The van der Waals surface area contributed by atoms with Crippen LogP contribution in [0.5, 0.6) is 0 Å². The second-order valence-electron chi connectivity index (χ2n) is 13.6. The minimum Gasteiger partial charge on any atom is -0.387 e. The van der Waals surface area contributed by atoms with Gasteiger partial charge in [0.1, 0.15) is 36.3 Å². The van der Waals surface area contributed by atoms with Crippen molar-refractivity contribution in [3.8, 4) is 0 Å². The van der Waals surface area contributed by atoms with E-state index in [0.717, 1.165) is 10.9 Å². The van der Waals surface area contributed by atoms with E-state index < -0.39 is 102 Å². The summed E-state index contributed by atoms with van der Waals surface area (Å²) in [5, 5.41) is 21.1. The predicted octanol–water partition coefficient (Wildman–Crippen LogP) is -1.36. The number of nitrogen functional groups attached to an aromatic ring is 1. The summed E-state index contributed by atoms with van der Waals surface area (Å²) >= 11 is 0. The number of nitrogens with two attached hydrogens (primary N) is 1. The molecular weight excluding hydrogens is 803 g/mol. The van der Waals surface area contributed by atoms with Gasteiger partial charge in [0, 0.05) is 5.92 Å². The number of phosphoric acid groups is 3. The first-order valence-corrected chi connectivity index (χ1v) is 20.8. The van der Waals surface area contributed by atoms with Crippen LogP contribution in [0.2, 0.25) is 0 Å². The highest BCUT2D eigenvalue weighted by molar-refractivity contribution is 7.66. The largest absolute Gasteiger partial charge is 0.490 e. The number of hydrogen-bond acceptors (Lipinski definition) is 18. The van der Waals surface area contributed by atoms with Crippen molar-refractivity contribution >= 4 is 51.7 Å². The minimum absolute atomic E-state index is 0.00540. The van der Waals surface area contributed by atoms with Gasteiger partial charge in [-0.05, 0) is 27.2 Å². The van der Waals surface area contributed by atoms with Crippen LogP contribution in [-0.4, -0.2) is 108 Å². The van der Waals surface area contributed by atoms with Crippen molar-refractivity contribution in [1.29, 1.82) is 0 Å². The number of ether oxygens (including phenoxy) is 3. The molecule has 0 amide bonds. The normalized spacial score (nSPS) is 31.1. The molecule has 55 heavy (non-hydrogen) atoms. The second kappa shape index (κ2) is 14.0. The third-order valence-corrected chi connectivity index (χ3v) is 13.4. The zero-order chi connectivity index (χ0) is 40.0. The second-order valence-corrected chi connectivity index (χ2v) is 18.2. The lowest BCUT2D eigenvalue weighted by Crippen LogP contribution is -2.45. The number of phosphoric ester groups is 2. The van der Waals surface area contributed by atoms with Gasteiger partial charge in [0.2, 0.25) is 5.52 Å². The maximum atomic E-state index is 12.9. The van der Waals surface area contributed by atoms with Crippen LogP contribution >= 0.6 is 23.5 Å². The topological polar surface area (TPSA) is 361 Å². The number of H-pyrrole nitrogens is 2. The standard InChI is InChI=1S/C26H36N9O17P3/c1-10-29-20-14(22(38)30-10)28-8-34(20)24-17(37)16(36)13(48-24)7-47-54(42,43)52-55(44,45)51-53(40,41)46-6-11-5-12(19-18(11)49-26(2,3)50-19)35-9-33(4)15-21(35)31-25(27)32-23(15)39/h8-9,11-13,16-19,24,36-37H,5-7H2,1-4H3,(H6-,27,29,30,31,32,38,39,40,41,42,43,44,45)/p+1/t11-,12-,13-,16?,17+,18?,19-,24-/m1/s1. The summed E-state index contributed by atoms with van der Waals surface area (Å²) in [6.07, 6.45) is -4.99. The first-order valence-electron chi connectivity index (χ1n) is 16.3. The third-order valence-electron chi connectivity index (χ3n) is 9.13. The highest BCUT2D eigenvalue weighted by Gasteiger charge is 2.57. The summed E-state index contributed by atoms with van der Waals surface area (Å²) < 4.78 is 78.4. The molecule has 0 radical (unpaired) electrons. The Morgan fingerprint density at radius 1 is 0.982 bits per heavy atom. The van der Waals surface area contributed by atoms with Crippen molar-refractivity contribution in [2.45, 2.75) is 75.8 Å². The van der Waals surface area contributed by atoms with Gasteiger partial charge >= 0.3 is 29.1 Å². The molecule has 6 heterocycles. The number of rotatable bonds is 12. The lowest BCUT2D eigenvalue weighted by atomic mass is 10.1. The van der Waals surface area contributed by atoms with Gasteiger partial charge in [0.15, 0.2) is 29.5 Å².